The number of likely N-dealkylation sites (N-methyl/N-ethyl adjacent to an activating group) is 1. The van der Waals surface area contributed by atoms with E-state index in [2.05, 4.69) is 5.32 Å². The number of hydrogen-bond acceptors (Lipinski definition) is 5. The van der Waals surface area contributed by atoms with Crippen LogP contribution in [0.2, 0.25) is 10.0 Å². The highest BCUT2D eigenvalue weighted by atomic mass is 35.5. The van der Waals surface area contributed by atoms with E-state index in [-0.39, 0.29) is 41.9 Å². The molecule has 1 aliphatic rings. The molecule has 174 valence electrons. The SMILES string of the molecule is C[C@H](C(=O)NCc1ccc(Cl)c(Cl)c1)N(C)C(=O)c1cccc(S(=O)(=O)N2CC(C#N)C2)c1. The van der Waals surface area contributed by atoms with Crippen molar-refractivity contribution in [1.82, 2.24) is 14.5 Å². The fourth-order valence-electron chi connectivity index (χ4n) is 3.20. The summed E-state index contributed by atoms with van der Waals surface area (Å²) in [4.78, 5) is 26.7. The van der Waals surface area contributed by atoms with Gasteiger partial charge in [0.1, 0.15) is 6.04 Å². The monoisotopic (exact) mass is 508 g/mol. The second-order valence-corrected chi connectivity index (χ2v) is 10.5. The molecule has 0 aromatic heterocycles. The van der Waals surface area contributed by atoms with Crippen LogP contribution in [0.5, 0.6) is 0 Å². The summed E-state index contributed by atoms with van der Waals surface area (Å²) < 4.78 is 26.7. The average Bonchev–Trinajstić information content (AvgIpc) is 2.77. The van der Waals surface area contributed by atoms with Gasteiger partial charge in [0.25, 0.3) is 5.91 Å². The Morgan fingerprint density at radius 2 is 1.91 bits per heavy atom. The maximum atomic E-state index is 12.9. The van der Waals surface area contributed by atoms with E-state index < -0.39 is 22.0 Å². The second kappa shape index (κ2) is 10.1. The molecule has 2 amide bonds. The molecular formula is C22H22Cl2N4O4S. The van der Waals surface area contributed by atoms with Crippen molar-refractivity contribution < 1.29 is 18.0 Å². The third-order valence-corrected chi connectivity index (χ3v) is 8.05. The number of carbonyl (C=O) groups excluding carboxylic acids is 2. The fourth-order valence-corrected chi connectivity index (χ4v) is 5.09. The predicted octanol–water partition coefficient (Wildman–Crippen LogP) is 2.91. The summed E-state index contributed by atoms with van der Waals surface area (Å²) in [5.74, 6) is -1.20. The molecule has 2 aromatic carbocycles. The van der Waals surface area contributed by atoms with Crippen LogP contribution in [-0.4, -0.2) is 55.6 Å². The molecule has 1 N–H and O–H groups in total. The number of carbonyl (C=O) groups is 2. The van der Waals surface area contributed by atoms with Gasteiger partial charge in [-0.1, -0.05) is 35.3 Å². The zero-order valence-corrected chi connectivity index (χ0v) is 20.3. The Kier molecular flexibility index (Phi) is 7.65. The standard InChI is InChI=1S/C22H22Cl2N4O4S/c1-14(21(29)26-11-15-6-7-19(23)20(24)8-15)27(2)22(30)17-4-3-5-18(9-17)33(31,32)28-12-16(10-25)13-28/h3-9,14,16H,11-13H2,1-2H3,(H,26,29)/t14-/m1/s1. The van der Waals surface area contributed by atoms with Crippen molar-refractivity contribution in [2.75, 3.05) is 20.1 Å². The van der Waals surface area contributed by atoms with Gasteiger partial charge in [-0.25, -0.2) is 8.42 Å². The Bertz CT molecular complexity index is 1220. The van der Waals surface area contributed by atoms with Crippen LogP contribution in [0.3, 0.4) is 0 Å². The first kappa shape index (κ1) is 25.0. The van der Waals surface area contributed by atoms with Crippen molar-refractivity contribution >= 4 is 45.0 Å². The Labute approximate surface area is 202 Å². The number of benzene rings is 2. The number of sulfonamides is 1. The van der Waals surface area contributed by atoms with Crippen molar-refractivity contribution in [1.29, 1.82) is 5.26 Å². The van der Waals surface area contributed by atoms with Crippen molar-refractivity contribution in [2.45, 2.75) is 24.4 Å². The van der Waals surface area contributed by atoms with Gasteiger partial charge in [0.05, 0.1) is 26.9 Å². The van der Waals surface area contributed by atoms with Crippen LogP contribution in [0.15, 0.2) is 47.4 Å². The van der Waals surface area contributed by atoms with Gasteiger partial charge in [-0.2, -0.15) is 9.57 Å². The molecule has 1 heterocycles. The number of amides is 2. The normalized spacial score (nSPS) is 15.2. The van der Waals surface area contributed by atoms with E-state index in [1.807, 2.05) is 6.07 Å². The van der Waals surface area contributed by atoms with Crippen LogP contribution < -0.4 is 5.32 Å². The lowest BCUT2D eigenvalue weighted by Crippen LogP contribution is -2.49. The molecule has 8 nitrogen and oxygen atoms in total. The third-order valence-electron chi connectivity index (χ3n) is 5.48. The summed E-state index contributed by atoms with van der Waals surface area (Å²) in [7, 11) is -2.33. The van der Waals surface area contributed by atoms with E-state index in [1.54, 1.807) is 25.1 Å². The molecule has 1 atom stereocenters. The van der Waals surface area contributed by atoms with E-state index in [4.69, 9.17) is 28.5 Å². The summed E-state index contributed by atoms with van der Waals surface area (Å²) >= 11 is 11.9. The van der Waals surface area contributed by atoms with Crippen molar-refractivity contribution in [3.63, 3.8) is 0 Å². The van der Waals surface area contributed by atoms with Gasteiger partial charge in [-0.3, -0.25) is 9.59 Å². The van der Waals surface area contributed by atoms with Crippen molar-refractivity contribution in [3.8, 4) is 6.07 Å². The second-order valence-electron chi connectivity index (χ2n) is 7.73. The maximum absolute atomic E-state index is 12.9. The van der Waals surface area contributed by atoms with Crippen LogP contribution in [0.25, 0.3) is 0 Å². The van der Waals surface area contributed by atoms with E-state index in [1.165, 1.54) is 40.5 Å². The molecule has 3 rings (SSSR count). The molecule has 1 fully saturated rings. The van der Waals surface area contributed by atoms with E-state index >= 15 is 0 Å². The Morgan fingerprint density at radius 1 is 1.21 bits per heavy atom. The van der Waals surface area contributed by atoms with E-state index in [9.17, 15) is 18.0 Å². The summed E-state index contributed by atoms with van der Waals surface area (Å²) in [6.07, 6.45) is 0. The molecule has 2 aromatic rings. The van der Waals surface area contributed by atoms with E-state index in [0.29, 0.717) is 10.0 Å². The first-order valence-corrected chi connectivity index (χ1v) is 12.2. The van der Waals surface area contributed by atoms with E-state index in [0.717, 1.165) is 5.56 Å². The Hall–Kier alpha value is -2.64. The van der Waals surface area contributed by atoms with Crippen molar-refractivity contribution in [2.24, 2.45) is 5.92 Å². The smallest absolute Gasteiger partial charge is 0.254 e. The highest BCUT2D eigenvalue weighted by molar-refractivity contribution is 7.89. The molecule has 11 heteroatoms. The lowest BCUT2D eigenvalue weighted by atomic mass is 10.1. The van der Waals surface area contributed by atoms with Gasteiger partial charge in [0.2, 0.25) is 15.9 Å². The minimum atomic E-state index is -3.80. The molecule has 0 spiro atoms. The summed E-state index contributed by atoms with van der Waals surface area (Å²) in [6, 6.07) is 11.9. The predicted molar refractivity (Wildman–Crippen MR) is 124 cm³/mol. The molecule has 33 heavy (non-hydrogen) atoms. The Balaban J connectivity index is 1.66. The first-order chi connectivity index (χ1) is 15.5. The van der Waals surface area contributed by atoms with Gasteiger partial charge < -0.3 is 10.2 Å². The topological polar surface area (TPSA) is 111 Å². The number of hydrogen-bond donors (Lipinski definition) is 1. The zero-order valence-electron chi connectivity index (χ0n) is 18.0. The molecular weight excluding hydrogens is 487 g/mol. The minimum Gasteiger partial charge on any atom is -0.350 e. The molecule has 0 aliphatic carbocycles. The number of halogens is 2. The Morgan fingerprint density at radius 3 is 2.55 bits per heavy atom. The number of nitrogens with one attached hydrogen (secondary N) is 1. The summed E-state index contributed by atoms with van der Waals surface area (Å²) in [5.41, 5.74) is 0.890. The van der Waals surface area contributed by atoms with Crippen LogP contribution in [-0.2, 0) is 21.4 Å². The van der Waals surface area contributed by atoms with Crippen molar-refractivity contribution in [3.05, 3.63) is 63.6 Å². The summed E-state index contributed by atoms with van der Waals surface area (Å²) in [6.45, 7) is 2.04. The van der Waals surface area contributed by atoms with Gasteiger partial charge in [0, 0.05) is 32.2 Å². The summed E-state index contributed by atoms with van der Waals surface area (Å²) in [5, 5.41) is 12.4. The molecule has 0 radical (unpaired) electrons. The molecule has 1 saturated heterocycles. The van der Waals surface area contributed by atoms with Crippen LogP contribution in [0, 0.1) is 17.2 Å². The van der Waals surface area contributed by atoms with Gasteiger partial charge in [-0.05, 0) is 42.8 Å². The molecule has 0 saturated carbocycles. The zero-order chi connectivity index (χ0) is 24.3. The van der Waals surface area contributed by atoms with Crippen LogP contribution >= 0.6 is 23.2 Å². The van der Waals surface area contributed by atoms with Gasteiger partial charge >= 0.3 is 0 Å². The number of nitrogens with zero attached hydrogens (tertiary/aromatic N) is 3. The minimum absolute atomic E-state index is 0.0325. The lowest BCUT2D eigenvalue weighted by Gasteiger charge is -2.34. The van der Waals surface area contributed by atoms with Crippen LogP contribution in [0.4, 0.5) is 0 Å². The first-order valence-electron chi connectivity index (χ1n) is 10.0. The molecule has 0 bridgehead atoms. The van der Waals surface area contributed by atoms with Gasteiger partial charge in [-0.15, -0.1) is 0 Å². The highest BCUT2D eigenvalue weighted by Gasteiger charge is 2.37. The average molecular weight is 509 g/mol. The largest absolute Gasteiger partial charge is 0.350 e. The van der Waals surface area contributed by atoms with Crippen LogP contribution in [0.1, 0.15) is 22.8 Å². The molecule has 1 aliphatic heterocycles. The maximum Gasteiger partial charge on any atom is 0.254 e. The number of rotatable bonds is 7. The highest BCUT2D eigenvalue weighted by Crippen LogP contribution is 2.26. The lowest BCUT2D eigenvalue weighted by molar-refractivity contribution is -0.124. The molecule has 0 unspecified atom stereocenters. The third kappa shape index (κ3) is 5.47. The quantitative estimate of drug-likeness (QED) is 0.617. The fraction of sp³-hybridized carbons (Fsp3) is 0.318. The van der Waals surface area contributed by atoms with Gasteiger partial charge in [0.15, 0.2) is 0 Å². The number of nitriles is 1.